The van der Waals surface area contributed by atoms with Crippen molar-refractivity contribution in [3.63, 3.8) is 0 Å². The largest absolute Gasteiger partial charge is 0.351 e. The highest BCUT2D eigenvalue weighted by Crippen LogP contribution is 2.28. The summed E-state index contributed by atoms with van der Waals surface area (Å²) in [6.07, 6.45) is 8.13. The van der Waals surface area contributed by atoms with E-state index in [1.165, 1.54) is 31.2 Å². The maximum Gasteiger partial charge on any atom is 0.321 e. The fraction of sp³-hybridized carbons (Fsp3) is 0.517. The van der Waals surface area contributed by atoms with Crippen LogP contribution in [0, 0.1) is 0 Å². The lowest BCUT2D eigenvalue weighted by atomic mass is 9.89. The molecule has 188 valence electrons. The molecule has 0 radical (unpaired) electrons. The summed E-state index contributed by atoms with van der Waals surface area (Å²) in [5, 5.41) is 6.14. The summed E-state index contributed by atoms with van der Waals surface area (Å²) in [4.78, 5) is 30.1. The molecule has 0 unspecified atom stereocenters. The van der Waals surface area contributed by atoms with E-state index in [-0.39, 0.29) is 17.9 Å². The lowest BCUT2D eigenvalue weighted by Crippen LogP contribution is -2.41. The third kappa shape index (κ3) is 7.31. The first kappa shape index (κ1) is 25.2. The molecule has 2 N–H and O–H groups in total. The minimum Gasteiger partial charge on any atom is -0.351 e. The van der Waals surface area contributed by atoms with Crippen LogP contribution in [0.15, 0.2) is 48.5 Å². The zero-order valence-electron chi connectivity index (χ0n) is 21.1. The summed E-state index contributed by atoms with van der Waals surface area (Å²) in [7, 11) is 0. The Morgan fingerprint density at radius 3 is 2.46 bits per heavy atom. The molecule has 2 aromatic rings. The van der Waals surface area contributed by atoms with Gasteiger partial charge in [-0.15, -0.1) is 0 Å². The molecule has 2 aromatic carbocycles. The van der Waals surface area contributed by atoms with Gasteiger partial charge in [0.15, 0.2) is 0 Å². The average Bonchev–Trinajstić information content (AvgIpc) is 3.18. The van der Waals surface area contributed by atoms with Gasteiger partial charge in [-0.25, -0.2) is 4.79 Å². The van der Waals surface area contributed by atoms with Gasteiger partial charge in [0, 0.05) is 43.3 Å². The van der Waals surface area contributed by atoms with Crippen molar-refractivity contribution < 1.29 is 9.59 Å². The van der Waals surface area contributed by atoms with Crippen LogP contribution in [0.1, 0.15) is 72.9 Å². The van der Waals surface area contributed by atoms with Gasteiger partial charge in [0.05, 0.1) is 0 Å². The van der Waals surface area contributed by atoms with E-state index in [0.29, 0.717) is 18.7 Å². The van der Waals surface area contributed by atoms with Crippen LogP contribution in [0.3, 0.4) is 0 Å². The lowest BCUT2D eigenvalue weighted by molar-refractivity contribution is 0.0948. The SMILES string of the molecule is CCc1ccc(NC(=O)N2CCC[C@@H](c3cccc(C(=O)NCCN4CCCCCC4)c3)C2)cc1. The van der Waals surface area contributed by atoms with Gasteiger partial charge in [0.2, 0.25) is 0 Å². The van der Waals surface area contributed by atoms with Crippen LogP contribution in [-0.4, -0.2) is 61.0 Å². The quantitative estimate of drug-likeness (QED) is 0.572. The molecule has 2 fully saturated rings. The Hall–Kier alpha value is -2.86. The minimum absolute atomic E-state index is 0.0115. The maximum absolute atomic E-state index is 12.9. The number of carbonyl (C=O) groups excluding carboxylic acids is 2. The van der Waals surface area contributed by atoms with Crippen LogP contribution in [0.2, 0.25) is 0 Å². The number of benzene rings is 2. The molecule has 2 aliphatic rings. The topological polar surface area (TPSA) is 64.7 Å². The third-order valence-electron chi connectivity index (χ3n) is 7.35. The number of amides is 3. The molecule has 3 amide bonds. The summed E-state index contributed by atoms with van der Waals surface area (Å²) in [5.74, 6) is 0.226. The van der Waals surface area contributed by atoms with Crippen molar-refractivity contribution in [1.29, 1.82) is 0 Å². The summed E-state index contributed by atoms with van der Waals surface area (Å²) < 4.78 is 0. The number of aryl methyl sites for hydroxylation is 1. The molecule has 0 aliphatic carbocycles. The second-order valence-corrected chi connectivity index (χ2v) is 9.90. The first-order chi connectivity index (χ1) is 17.1. The Labute approximate surface area is 210 Å². The van der Waals surface area contributed by atoms with Crippen LogP contribution < -0.4 is 10.6 Å². The zero-order valence-corrected chi connectivity index (χ0v) is 21.1. The number of carbonyl (C=O) groups is 2. The van der Waals surface area contributed by atoms with Gasteiger partial charge in [0.25, 0.3) is 5.91 Å². The van der Waals surface area contributed by atoms with E-state index in [2.05, 4.69) is 40.7 Å². The minimum atomic E-state index is -0.0543. The highest BCUT2D eigenvalue weighted by atomic mass is 16.2. The van der Waals surface area contributed by atoms with Crippen LogP contribution in [0.25, 0.3) is 0 Å². The Balaban J connectivity index is 1.30. The van der Waals surface area contributed by atoms with Gasteiger partial charge < -0.3 is 20.4 Å². The molecule has 0 aromatic heterocycles. The predicted octanol–water partition coefficient (Wildman–Crippen LogP) is 5.27. The number of rotatable bonds is 7. The molecular formula is C29H40N4O2. The van der Waals surface area contributed by atoms with Crippen LogP contribution in [-0.2, 0) is 6.42 Å². The Morgan fingerprint density at radius 1 is 0.943 bits per heavy atom. The fourth-order valence-electron chi connectivity index (χ4n) is 5.18. The maximum atomic E-state index is 12.9. The molecule has 2 saturated heterocycles. The highest BCUT2D eigenvalue weighted by Gasteiger charge is 2.25. The number of urea groups is 1. The van der Waals surface area contributed by atoms with Crippen molar-refractivity contribution in [3.8, 4) is 0 Å². The number of nitrogens with zero attached hydrogens (tertiary/aromatic N) is 2. The van der Waals surface area contributed by atoms with E-state index in [1.807, 2.05) is 35.2 Å². The van der Waals surface area contributed by atoms with Crippen molar-refractivity contribution in [1.82, 2.24) is 15.1 Å². The van der Waals surface area contributed by atoms with E-state index in [9.17, 15) is 9.59 Å². The molecule has 0 spiro atoms. The Kier molecular flexibility index (Phi) is 9.18. The number of hydrogen-bond acceptors (Lipinski definition) is 3. The fourth-order valence-corrected chi connectivity index (χ4v) is 5.18. The molecular weight excluding hydrogens is 436 g/mol. The molecule has 0 bridgehead atoms. The standard InChI is InChI=1S/C29H40N4O2/c1-2-23-12-14-27(15-13-23)31-29(35)33-19-8-11-26(22-33)24-9-7-10-25(21-24)28(34)30-16-20-32-17-5-3-4-6-18-32/h7,9-10,12-15,21,26H,2-6,8,11,16-20,22H2,1H3,(H,30,34)(H,31,35)/t26-/m1/s1. The summed E-state index contributed by atoms with van der Waals surface area (Å²) in [6, 6.07) is 15.9. The molecule has 6 nitrogen and oxygen atoms in total. The zero-order chi connectivity index (χ0) is 24.5. The van der Waals surface area contributed by atoms with Crippen LogP contribution in [0.4, 0.5) is 10.5 Å². The highest BCUT2D eigenvalue weighted by molar-refractivity contribution is 5.94. The van der Waals surface area contributed by atoms with Crippen LogP contribution >= 0.6 is 0 Å². The normalized spacial score (nSPS) is 19.1. The third-order valence-corrected chi connectivity index (χ3v) is 7.35. The first-order valence-electron chi connectivity index (χ1n) is 13.4. The smallest absolute Gasteiger partial charge is 0.321 e. The van der Waals surface area contributed by atoms with Gasteiger partial charge in [-0.3, -0.25) is 4.79 Å². The Morgan fingerprint density at radius 2 is 1.71 bits per heavy atom. The summed E-state index contributed by atoms with van der Waals surface area (Å²) in [6.45, 7) is 7.42. The van der Waals surface area contributed by atoms with Gasteiger partial charge in [-0.1, -0.05) is 44.0 Å². The van der Waals surface area contributed by atoms with E-state index in [4.69, 9.17) is 0 Å². The van der Waals surface area contributed by atoms with E-state index in [0.717, 1.165) is 56.7 Å². The predicted molar refractivity (Wildman–Crippen MR) is 142 cm³/mol. The van der Waals surface area contributed by atoms with Gasteiger partial charge in [-0.05, 0) is 80.6 Å². The molecule has 2 heterocycles. The van der Waals surface area contributed by atoms with Crippen molar-refractivity contribution in [2.75, 3.05) is 44.6 Å². The Bertz CT molecular complexity index is 967. The van der Waals surface area contributed by atoms with Crippen molar-refractivity contribution in [2.45, 2.75) is 57.8 Å². The molecule has 1 atom stereocenters. The number of likely N-dealkylation sites (tertiary alicyclic amines) is 2. The second kappa shape index (κ2) is 12.7. The number of anilines is 1. The lowest BCUT2D eigenvalue weighted by Gasteiger charge is -2.33. The number of nitrogens with one attached hydrogen (secondary N) is 2. The van der Waals surface area contributed by atoms with Gasteiger partial charge >= 0.3 is 6.03 Å². The second-order valence-electron chi connectivity index (χ2n) is 9.90. The molecule has 4 rings (SSSR count). The molecule has 2 aliphatic heterocycles. The van der Waals surface area contributed by atoms with Crippen molar-refractivity contribution in [3.05, 3.63) is 65.2 Å². The van der Waals surface area contributed by atoms with Crippen molar-refractivity contribution in [2.24, 2.45) is 0 Å². The first-order valence-corrected chi connectivity index (χ1v) is 13.4. The average molecular weight is 477 g/mol. The van der Waals surface area contributed by atoms with Gasteiger partial charge in [-0.2, -0.15) is 0 Å². The number of hydrogen-bond donors (Lipinski definition) is 2. The monoisotopic (exact) mass is 476 g/mol. The van der Waals surface area contributed by atoms with E-state index >= 15 is 0 Å². The molecule has 35 heavy (non-hydrogen) atoms. The molecule has 6 heteroatoms. The summed E-state index contributed by atoms with van der Waals surface area (Å²) >= 11 is 0. The van der Waals surface area contributed by atoms with Gasteiger partial charge in [0.1, 0.15) is 0 Å². The summed E-state index contributed by atoms with van der Waals surface area (Å²) in [5.41, 5.74) is 3.92. The van der Waals surface area contributed by atoms with Crippen molar-refractivity contribution >= 4 is 17.6 Å². The van der Waals surface area contributed by atoms with E-state index < -0.39 is 0 Å². The van der Waals surface area contributed by atoms with Crippen LogP contribution in [0.5, 0.6) is 0 Å². The molecule has 0 saturated carbocycles. The number of piperidine rings is 1. The van der Waals surface area contributed by atoms with E-state index in [1.54, 1.807) is 0 Å².